The third-order valence-corrected chi connectivity index (χ3v) is 1.96. The Balaban J connectivity index is 3.36. The number of nitrogens with one attached hydrogen (secondary N) is 1. The smallest absolute Gasteiger partial charge is 0.0669 e. The Labute approximate surface area is 94.2 Å². The molecular weight excluding hydrogens is 190 g/mol. The van der Waals surface area contributed by atoms with Crippen LogP contribution >= 0.6 is 0 Å². The number of hydrogen-bond acceptors (Lipinski definition) is 3. The Hall–Kier alpha value is -0.120. The molecule has 1 atom stereocenters. The quantitative estimate of drug-likeness (QED) is 0.639. The van der Waals surface area contributed by atoms with Gasteiger partial charge in [0.1, 0.15) is 0 Å². The molecule has 3 heteroatoms. The third kappa shape index (κ3) is 11.8. The summed E-state index contributed by atoms with van der Waals surface area (Å²) in [6.45, 7) is 12.6. The van der Waals surface area contributed by atoms with Crippen molar-refractivity contribution >= 4 is 0 Å². The Morgan fingerprint density at radius 3 is 2.33 bits per heavy atom. The summed E-state index contributed by atoms with van der Waals surface area (Å²) in [6.07, 6.45) is 0.848. The molecule has 0 saturated heterocycles. The van der Waals surface area contributed by atoms with E-state index in [1.807, 2.05) is 13.8 Å². The van der Waals surface area contributed by atoms with Crippen molar-refractivity contribution in [2.24, 2.45) is 5.41 Å². The summed E-state index contributed by atoms with van der Waals surface area (Å²) in [4.78, 5) is 0. The molecule has 0 aliphatic rings. The monoisotopic (exact) mass is 217 g/mol. The zero-order chi connectivity index (χ0) is 11.9. The van der Waals surface area contributed by atoms with Crippen molar-refractivity contribution < 1.29 is 9.84 Å². The highest BCUT2D eigenvalue weighted by Crippen LogP contribution is 2.20. The average Bonchev–Trinajstić information content (AvgIpc) is 1.99. The highest BCUT2D eigenvalue weighted by Gasteiger charge is 2.15. The lowest BCUT2D eigenvalue weighted by molar-refractivity contribution is 0.0753. The molecule has 0 aliphatic carbocycles. The van der Waals surface area contributed by atoms with Gasteiger partial charge in [0.2, 0.25) is 0 Å². The molecule has 0 amide bonds. The molecular formula is C12H27NO2. The van der Waals surface area contributed by atoms with Crippen LogP contribution in [0.25, 0.3) is 0 Å². The molecule has 2 N–H and O–H groups in total. The fourth-order valence-corrected chi connectivity index (χ4v) is 1.41. The van der Waals surface area contributed by atoms with Crippen LogP contribution < -0.4 is 5.32 Å². The molecule has 0 heterocycles. The molecule has 0 spiro atoms. The summed E-state index contributed by atoms with van der Waals surface area (Å²) in [5, 5.41) is 12.9. The summed E-state index contributed by atoms with van der Waals surface area (Å²) < 4.78 is 5.38. The van der Waals surface area contributed by atoms with Gasteiger partial charge >= 0.3 is 0 Å². The van der Waals surface area contributed by atoms with Crippen molar-refractivity contribution in [3.05, 3.63) is 0 Å². The first kappa shape index (κ1) is 14.9. The lowest BCUT2D eigenvalue weighted by Gasteiger charge is -2.22. The van der Waals surface area contributed by atoms with E-state index in [4.69, 9.17) is 4.74 Å². The molecule has 15 heavy (non-hydrogen) atoms. The average molecular weight is 217 g/mol. The van der Waals surface area contributed by atoms with Gasteiger partial charge in [-0.25, -0.2) is 0 Å². The second-order valence-electron chi connectivity index (χ2n) is 5.54. The third-order valence-electron chi connectivity index (χ3n) is 1.96. The minimum absolute atomic E-state index is 0.190. The molecule has 0 radical (unpaired) electrons. The summed E-state index contributed by atoms with van der Waals surface area (Å²) >= 11 is 0. The first-order valence-electron chi connectivity index (χ1n) is 5.81. The van der Waals surface area contributed by atoms with E-state index in [9.17, 15) is 5.11 Å². The van der Waals surface area contributed by atoms with Crippen molar-refractivity contribution in [1.29, 1.82) is 0 Å². The van der Waals surface area contributed by atoms with Crippen molar-refractivity contribution in [3.63, 3.8) is 0 Å². The minimum Gasteiger partial charge on any atom is -0.392 e. The fourth-order valence-electron chi connectivity index (χ4n) is 1.41. The van der Waals surface area contributed by atoms with Gasteiger partial charge in [0.25, 0.3) is 0 Å². The number of rotatable bonds is 7. The second-order valence-corrected chi connectivity index (χ2v) is 5.54. The number of aliphatic hydroxyl groups excluding tert-OH is 1. The first-order chi connectivity index (χ1) is 6.81. The van der Waals surface area contributed by atoms with Gasteiger partial charge in [-0.15, -0.1) is 0 Å². The van der Waals surface area contributed by atoms with E-state index in [0.717, 1.165) is 13.0 Å². The van der Waals surface area contributed by atoms with Crippen LogP contribution in [0.1, 0.15) is 41.0 Å². The van der Waals surface area contributed by atoms with Gasteiger partial charge in [-0.1, -0.05) is 20.8 Å². The maximum absolute atomic E-state index is 9.69. The molecule has 0 rings (SSSR count). The van der Waals surface area contributed by atoms with Gasteiger partial charge in [-0.2, -0.15) is 0 Å². The topological polar surface area (TPSA) is 41.5 Å². The molecule has 0 aromatic carbocycles. The summed E-state index contributed by atoms with van der Waals surface area (Å²) in [7, 11) is 0. The molecule has 1 unspecified atom stereocenters. The van der Waals surface area contributed by atoms with Crippen molar-refractivity contribution in [2.45, 2.75) is 53.2 Å². The molecule has 0 aromatic rings. The summed E-state index contributed by atoms with van der Waals surface area (Å²) in [5.74, 6) is 0. The van der Waals surface area contributed by atoms with Gasteiger partial charge in [0, 0.05) is 13.1 Å². The van der Waals surface area contributed by atoms with Crippen LogP contribution in [-0.2, 0) is 4.74 Å². The van der Waals surface area contributed by atoms with Crippen molar-refractivity contribution in [1.82, 2.24) is 5.32 Å². The van der Waals surface area contributed by atoms with Gasteiger partial charge in [-0.05, 0) is 25.7 Å². The maximum atomic E-state index is 9.69. The molecule has 0 saturated carbocycles. The zero-order valence-electron chi connectivity index (χ0n) is 10.8. The fraction of sp³-hybridized carbons (Fsp3) is 1.00. The van der Waals surface area contributed by atoms with E-state index in [1.54, 1.807) is 0 Å². The largest absolute Gasteiger partial charge is 0.392 e. The second kappa shape index (κ2) is 7.20. The Morgan fingerprint density at radius 1 is 1.27 bits per heavy atom. The first-order valence-corrected chi connectivity index (χ1v) is 5.81. The SMILES string of the molecule is CC(C)OCCNCC(O)CC(C)(C)C. The zero-order valence-corrected chi connectivity index (χ0v) is 10.8. The molecule has 0 aliphatic heterocycles. The van der Waals surface area contributed by atoms with Gasteiger partial charge in [0.05, 0.1) is 18.8 Å². The van der Waals surface area contributed by atoms with Crippen LogP contribution in [0.3, 0.4) is 0 Å². The van der Waals surface area contributed by atoms with Gasteiger partial charge < -0.3 is 15.2 Å². The standard InChI is InChI=1S/C12H27NO2/c1-10(2)15-7-6-13-9-11(14)8-12(3,4)5/h10-11,13-14H,6-9H2,1-5H3. The Bertz CT molecular complexity index is 152. The number of hydrogen-bond donors (Lipinski definition) is 2. The number of aliphatic hydroxyl groups is 1. The van der Waals surface area contributed by atoms with Crippen LogP contribution in [0, 0.1) is 5.41 Å². The van der Waals surface area contributed by atoms with E-state index >= 15 is 0 Å². The molecule has 92 valence electrons. The Kier molecular flexibility index (Phi) is 7.14. The predicted molar refractivity (Wildman–Crippen MR) is 64.0 cm³/mol. The van der Waals surface area contributed by atoms with Crippen LogP contribution in [-0.4, -0.2) is 37.0 Å². The molecule has 3 nitrogen and oxygen atoms in total. The van der Waals surface area contributed by atoms with Crippen LogP contribution in [0.15, 0.2) is 0 Å². The lowest BCUT2D eigenvalue weighted by atomic mass is 9.89. The van der Waals surface area contributed by atoms with Crippen LogP contribution in [0.5, 0.6) is 0 Å². The lowest BCUT2D eigenvalue weighted by Crippen LogP contribution is -2.32. The highest BCUT2D eigenvalue weighted by atomic mass is 16.5. The summed E-state index contributed by atoms with van der Waals surface area (Å²) in [6, 6.07) is 0. The summed E-state index contributed by atoms with van der Waals surface area (Å²) in [5.41, 5.74) is 0.190. The van der Waals surface area contributed by atoms with Gasteiger partial charge in [0.15, 0.2) is 0 Å². The number of ether oxygens (including phenoxy) is 1. The minimum atomic E-state index is -0.260. The van der Waals surface area contributed by atoms with E-state index in [1.165, 1.54) is 0 Å². The van der Waals surface area contributed by atoms with E-state index < -0.39 is 0 Å². The van der Waals surface area contributed by atoms with Crippen molar-refractivity contribution in [3.8, 4) is 0 Å². The van der Waals surface area contributed by atoms with E-state index in [-0.39, 0.29) is 17.6 Å². The molecule has 0 bridgehead atoms. The molecule has 0 fully saturated rings. The van der Waals surface area contributed by atoms with Crippen LogP contribution in [0.4, 0.5) is 0 Å². The van der Waals surface area contributed by atoms with Crippen LogP contribution in [0.2, 0.25) is 0 Å². The highest BCUT2D eigenvalue weighted by molar-refractivity contribution is 4.69. The molecule has 0 aromatic heterocycles. The predicted octanol–water partition coefficient (Wildman–Crippen LogP) is 1.80. The van der Waals surface area contributed by atoms with Crippen molar-refractivity contribution in [2.75, 3.05) is 19.7 Å². The van der Waals surface area contributed by atoms with Gasteiger partial charge in [-0.3, -0.25) is 0 Å². The normalized spacial score (nSPS) is 14.6. The van der Waals surface area contributed by atoms with E-state index in [0.29, 0.717) is 13.2 Å². The maximum Gasteiger partial charge on any atom is 0.0669 e. The van der Waals surface area contributed by atoms with E-state index in [2.05, 4.69) is 26.1 Å². The Morgan fingerprint density at radius 2 is 1.87 bits per heavy atom.